The van der Waals surface area contributed by atoms with Gasteiger partial charge in [-0.2, -0.15) is 0 Å². The molecule has 0 bridgehead atoms. The maximum Gasteiger partial charge on any atom is 0.374 e. The van der Waals surface area contributed by atoms with Crippen molar-refractivity contribution in [1.29, 1.82) is 0 Å². The van der Waals surface area contributed by atoms with Crippen LogP contribution < -0.4 is 0 Å². The molecule has 2 aliphatic rings. The number of nitrogens with zero attached hydrogens (tertiary/aromatic N) is 3. The number of fused-ring (bicyclic) bond motifs is 1. The summed E-state index contributed by atoms with van der Waals surface area (Å²) in [4.78, 5) is 12.4. The van der Waals surface area contributed by atoms with E-state index in [1.54, 1.807) is 18.7 Å². The van der Waals surface area contributed by atoms with Crippen molar-refractivity contribution in [1.82, 2.24) is 14.8 Å². The van der Waals surface area contributed by atoms with E-state index >= 15 is 0 Å². The van der Waals surface area contributed by atoms with Gasteiger partial charge in [0, 0.05) is 33.1 Å². The van der Waals surface area contributed by atoms with Crippen LogP contribution in [0.3, 0.4) is 0 Å². The second-order valence-electron chi connectivity index (χ2n) is 7.28. The van der Waals surface area contributed by atoms with Crippen LogP contribution in [0.4, 0.5) is 0 Å². The molecule has 6 nitrogen and oxygen atoms in total. The Kier molecular flexibility index (Phi) is 4.71. The van der Waals surface area contributed by atoms with E-state index < -0.39 is 5.97 Å². The number of aromatic nitrogens is 3. The number of carbonyl (C=O) groups excluding carboxylic acids is 1. The first-order valence-corrected chi connectivity index (χ1v) is 11.4. The molecule has 0 radical (unpaired) electrons. The molecule has 0 N–H and O–H groups in total. The van der Waals surface area contributed by atoms with Gasteiger partial charge in [-0.15, -0.1) is 10.2 Å². The molecular weight excluding hydrogens is 442 g/mol. The molecule has 5 rings (SSSR count). The largest absolute Gasteiger partial charge is 0.460 e. The Morgan fingerprint density at radius 1 is 1.32 bits per heavy atom. The lowest BCUT2D eigenvalue weighted by Gasteiger charge is -2.08. The van der Waals surface area contributed by atoms with Crippen molar-refractivity contribution in [3.63, 3.8) is 0 Å². The monoisotopic (exact) mass is 461 g/mol. The Morgan fingerprint density at radius 2 is 2.14 bits per heavy atom. The zero-order valence-electron chi connectivity index (χ0n) is 15.5. The molecule has 0 unspecified atom stereocenters. The predicted molar refractivity (Wildman–Crippen MR) is 110 cm³/mol. The average molecular weight is 462 g/mol. The molecule has 0 saturated heterocycles. The summed E-state index contributed by atoms with van der Waals surface area (Å²) in [5, 5.41) is 10.8. The molecule has 0 atom stereocenters. The molecule has 0 aliphatic heterocycles. The Morgan fingerprint density at radius 3 is 2.86 bits per heavy atom. The van der Waals surface area contributed by atoms with Crippen LogP contribution in [0.2, 0.25) is 0 Å². The van der Waals surface area contributed by atoms with Gasteiger partial charge in [0.2, 0.25) is 5.76 Å². The minimum Gasteiger partial charge on any atom is -0.460 e. The fourth-order valence-electron chi connectivity index (χ4n) is 3.45. The van der Waals surface area contributed by atoms with Crippen LogP contribution >= 0.6 is 27.7 Å². The maximum atomic E-state index is 12.4. The molecule has 146 valence electrons. The molecule has 28 heavy (non-hydrogen) atoms. The summed E-state index contributed by atoms with van der Waals surface area (Å²) in [6, 6.07) is 6.30. The van der Waals surface area contributed by atoms with E-state index in [9.17, 15) is 4.79 Å². The molecule has 0 amide bonds. The Labute approximate surface area is 175 Å². The minimum atomic E-state index is -0.423. The quantitative estimate of drug-likeness (QED) is 0.343. The number of ether oxygens (including phenoxy) is 1. The molecule has 2 aromatic heterocycles. The normalized spacial score (nSPS) is 16.6. The molecule has 2 fully saturated rings. The van der Waals surface area contributed by atoms with Gasteiger partial charge < -0.3 is 13.7 Å². The average Bonchev–Trinajstić information content (AvgIpc) is 3.61. The van der Waals surface area contributed by atoms with E-state index in [4.69, 9.17) is 9.15 Å². The predicted octanol–water partition coefficient (Wildman–Crippen LogP) is 5.47. The van der Waals surface area contributed by atoms with E-state index in [-0.39, 0.29) is 5.76 Å². The Bertz CT molecular complexity index is 1050. The molecule has 1 aromatic carbocycles. The van der Waals surface area contributed by atoms with Gasteiger partial charge in [0.05, 0.1) is 6.61 Å². The van der Waals surface area contributed by atoms with Crippen molar-refractivity contribution in [2.75, 3.05) is 6.61 Å². The molecular formula is C20H20BrN3O3S. The van der Waals surface area contributed by atoms with E-state index in [2.05, 4.69) is 30.7 Å². The SMILES string of the molecule is CCOC(=O)c1oc2ccc(Br)cc2c1CSc1nnc(C2CC2)n1C1CC1. The summed E-state index contributed by atoms with van der Waals surface area (Å²) in [5.74, 6) is 2.14. The van der Waals surface area contributed by atoms with Gasteiger partial charge >= 0.3 is 5.97 Å². The van der Waals surface area contributed by atoms with Gasteiger partial charge in [-0.05, 0) is 50.8 Å². The number of halogens is 1. The molecule has 2 saturated carbocycles. The first kappa shape index (κ1) is 18.2. The number of rotatable bonds is 7. The van der Waals surface area contributed by atoms with E-state index in [1.165, 1.54) is 25.7 Å². The highest BCUT2D eigenvalue weighted by Gasteiger charge is 2.36. The summed E-state index contributed by atoms with van der Waals surface area (Å²) in [5.41, 5.74) is 1.53. The zero-order valence-corrected chi connectivity index (χ0v) is 17.9. The van der Waals surface area contributed by atoms with Crippen molar-refractivity contribution in [2.24, 2.45) is 0 Å². The first-order chi connectivity index (χ1) is 13.7. The fraction of sp³-hybridized carbons (Fsp3) is 0.450. The van der Waals surface area contributed by atoms with Crippen LogP contribution in [0.15, 0.2) is 32.2 Å². The van der Waals surface area contributed by atoms with Gasteiger partial charge in [0.25, 0.3) is 0 Å². The lowest BCUT2D eigenvalue weighted by Crippen LogP contribution is -2.06. The number of benzene rings is 1. The number of carbonyl (C=O) groups is 1. The smallest absolute Gasteiger partial charge is 0.374 e. The van der Waals surface area contributed by atoms with Crippen LogP contribution in [-0.2, 0) is 10.5 Å². The molecule has 2 aliphatic carbocycles. The second kappa shape index (κ2) is 7.22. The van der Waals surface area contributed by atoms with Crippen LogP contribution in [0.1, 0.15) is 66.5 Å². The third-order valence-electron chi connectivity index (χ3n) is 5.10. The summed E-state index contributed by atoms with van der Waals surface area (Å²) < 4.78 is 14.3. The van der Waals surface area contributed by atoms with Gasteiger partial charge in [0.15, 0.2) is 5.16 Å². The second-order valence-corrected chi connectivity index (χ2v) is 9.13. The number of furan rings is 1. The van der Waals surface area contributed by atoms with Crippen molar-refractivity contribution >= 4 is 44.6 Å². The van der Waals surface area contributed by atoms with E-state index in [1.807, 2.05) is 18.2 Å². The standard InChI is InChI=1S/C20H20BrN3O3S/c1-2-26-19(25)17-15(14-9-12(21)5-8-16(14)27-17)10-28-20-23-22-18(11-3-4-11)24(20)13-6-7-13/h5,8-9,11,13H,2-4,6-7,10H2,1H3. The number of esters is 1. The van der Waals surface area contributed by atoms with Crippen LogP contribution in [0, 0.1) is 0 Å². The van der Waals surface area contributed by atoms with Crippen molar-refractivity contribution < 1.29 is 13.9 Å². The number of hydrogen-bond acceptors (Lipinski definition) is 6. The Balaban J connectivity index is 1.48. The highest BCUT2D eigenvalue weighted by atomic mass is 79.9. The zero-order chi connectivity index (χ0) is 19.3. The summed E-state index contributed by atoms with van der Waals surface area (Å²) in [6.45, 7) is 2.11. The van der Waals surface area contributed by atoms with Gasteiger partial charge in [-0.1, -0.05) is 27.7 Å². The maximum absolute atomic E-state index is 12.4. The lowest BCUT2D eigenvalue weighted by atomic mass is 10.1. The summed E-state index contributed by atoms with van der Waals surface area (Å²) in [7, 11) is 0. The molecule has 3 aromatic rings. The number of thioether (sulfide) groups is 1. The van der Waals surface area contributed by atoms with Crippen LogP contribution in [0.25, 0.3) is 11.0 Å². The van der Waals surface area contributed by atoms with Gasteiger partial charge in [0.1, 0.15) is 11.4 Å². The summed E-state index contributed by atoms with van der Waals surface area (Å²) in [6.07, 6.45) is 4.81. The van der Waals surface area contributed by atoms with Gasteiger partial charge in [-0.3, -0.25) is 0 Å². The lowest BCUT2D eigenvalue weighted by molar-refractivity contribution is 0.0491. The minimum absolute atomic E-state index is 0.280. The molecule has 2 heterocycles. The fourth-order valence-corrected chi connectivity index (χ4v) is 4.85. The van der Waals surface area contributed by atoms with E-state index in [0.29, 0.717) is 29.9 Å². The van der Waals surface area contributed by atoms with Crippen molar-refractivity contribution in [3.8, 4) is 0 Å². The van der Waals surface area contributed by atoms with Crippen LogP contribution in [-0.4, -0.2) is 27.3 Å². The van der Waals surface area contributed by atoms with E-state index in [0.717, 1.165) is 26.4 Å². The van der Waals surface area contributed by atoms with Gasteiger partial charge in [-0.25, -0.2) is 4.79 Å². The van der Waals surface area contributed by atoms with Crippen molar-refractivity contribution in [2.45, 2.75) is 55.5 Å². The highest BCUT2D eigenvalue weighted by Crippen LogP contribution is 2.46. The number of hydrogen-bond donors (Lipinski definition) is 0. The first-order valence-electron chi connectivity index (χ1n) is 9.61. The highest BCUT2D eigenvalue weighted by molar-refractivity contribution is 9.10. The summed E-state index contributed by atoms with van der Waals surface area (Å²) >= 11 is 5.13. The van der Waals surface area contributed by atoms with Crippen molar-refractivity contribution in [3.05, 3.63) is 39.8 Å². The third-order valence-corrected chi connectivity index (χ3v) is 6.57. The van der Waals surface area contributed by atoms with Crippen LogP contribution in [0.5, 0.6) is 0 Å². The Hall–Kier alpha value is -1.80. The molecule has 0 spiro atoms. The third kappa shape index (κ3) is 3.37. The molecule has 8 heteroatoms. The topological polar surface area (TPSA) is 70.2 Å².